The number of benzene rings is 1. The van der Waals surface area contributed by atoms with Gasteiger partial charge in [0, 0.05) is 19.6 Å². The molecule has 0 spiro atoms. The second kappa shape index (κ2) is 9.56. The molecule has 8 heteroatoms. The van der Waals surface area contributed by atoms with Crippen molar-refractivity contribution in [3.63, 3.8) is 0 Å². The van der Waals surface area contributed by atoms with Gasteiger partial charge in [-0.1, -0.05) is 18.6 Å². The van der Waals surface area contributed by atoms with E-state index in [2.05, 4.69) is 5.32 Å². The Labute approximate surface area is 154 Å². The van der Waals surface area contributed by atoms with E-state index in [0.717, 1.165) is 30.6 Å². The maximum absolute atomic E-state index is 12.7. The van der Waals surface area contributed by atoms with Crippen LogP contribution in [0.15, 0.2) is 29.2 Å². The summed E-state index contributed by atoms with van der Waals surface area (Å²) in [5.41, 5.74) is 6.59. The Morgan fingerprint density at radius 2 is 2.04 bits per heavy atom. The summed E-state index contributed by atoms with van der Waals surface area (Å²) in [4.78, 5) is 12.3. The molecule has 0 saturated carbocycles. The summed E-state index contributed by atoms with van der Waals surface area (Å²) in [6.45, 7) is 1.43. The van der Waals surface area contributed by atoms with Crippen LogP contribution in [0.1, 0.15) is 31.2 Å². The molecule has 1 saturated heterocycles. The molecule has 1 aliphatic heterocycles. The molecule has 1 aromatic rings. The van der Waals surface area contributed by atoms with Crippen molar-refractivity contribution in [2.75, 3.05) is 25.1 Å². The molecular weight excluding hydrogens is 358 g/mol. The maximum atomic E-state index is 12.7. The Kier molecular flexibility index (Phi) is 7.74. The van der Waals surface area contributed by atoms with Gasteiger partial charge in [0.2, 0.25) is 15.9 Å². The zero-order valence-electron chi connectivity index (χ0n) is 14.6. The fourth-order valence-corrected chi connectivity index (χ4v) is 4.84. The van der Waals surface area contributed by atoms with E-state index in [0.29, 0.717) is 19.5 Å². The number of amides is 1. The molecule has 6 nitrogen and oxygen atoms in total. The van der Waals surface area contributed by atoms with Gasteiger partial charge in [-0.2, -0.15) is 16.1 Å². The molecule has 0 radical (unpaired) electrons. The lowest BCUT2D eigenvalue weighted by molar-refractivity contribution is -0.122. The number of sulfonamides is 1. The first kappa shape index (κ1) is 20.2. The molecule has 25 heavy (non-hydrogen) atoms. The van der Waals surface area contributed by atoms with Crippen molar-refractivity contribution in [3.8, 4) is 0 Å². The summed E-state index contributed by atoms with van der Waals surface area (Å²) in [6.07, 6.45) is 5.48. The normalized spacial score (nSPS) is 17.2. The van der Waals surface area contributed by atoms with Crippen molar-refractivity contribution in [2.45, 2.75) is 43.2 Å². The van der Waals surface area contributed by atoms with Crippen LogP contribution < -0.4 is 11.1 Å². The summed E-state index contributed by atoms with van der Waals surface area (Å²) < 4.78 is 27.0. The van der Waals surface area contributed by atoms with E-state index in [9.17, 15) is 13.2 Å². The predicted molar refractivity (Wildman–Crippen MR) is 102 cm³/mol. The number of nitrogens with one attached hydrogen (secondary N) is 1. The number of piperidine rings is 1. The third-order valence-corrected chi connectivity index (χ3v) is 6.83. The minimum atomic E-state index is -3.46. The molecule has 3 N–H and O–H groups in total. The van der Waals surface area contributed by atoms with Crippen LogP contribution in [0.2, 0.25) is 0 Å². The van der Waals surface area contributed by atoms with Crippen molar-refractivity contribution < 1.29 is 13.2 Å². The van der Waals surface area contributed by atoms with Crippen molar-refractivity contribution >= 4 is 27.7 Å². The summed E-state index contributed by atoms with van der Waals surface area (Å²) >= 11 is 1.65. The van der Waals surface area contributed by atoms with Crippen molar-refractivity contribution in [1.82, 2.24) is 9.62 Å². The highest BCUT2D eigenvalue weighted by Gasteiger charge is 2.26. The highest BCUT2D eigenvalue weighted by molar-refractivity contribution is 7.98. The van der Waals surface area contributed by atoms with Gasteiger partial charge in [0.25, 0.3) is 0 Å². The molecule has 1 atom stereocenters. The molecule has 1 aromatic carbocycles. The highest BCUT2D eigenvalue weighted by atomic mass is 32.2. The molecule has 1 aliphatic rings. The van der Waals surface area contributed by atoms with Crippen LogP contribution >= 0.6 is 11.8 Å². The summed E-state index contributed by atoms with van der Waals surface area (Å²) in [5, 5.41) is 2.78. The molecule has 0 unspecified atom stereocenters. The summed E-state index contributed by atoms with van der Waals surface area (Å²) in [7, 11) is -3.46. The quantitative estimate of drug-likeness (QED) is 0.708. The smallest absolute Gasteiger partial charge is 0.243 e. The lowest BCUT2D eigenvalue weighted by Crippen LogP contribution is -2.40. The van der Waals surface area contributed by atoms with Gasteiger partial charge in [0.05, 0.1) is 10.9 Å². The topological polar surface area (TPSA) is 92.5 Å². The van der Waals surface area contributed by atoms with Crippen LogP contribution in [-0.4, -0.2) is 49.8 Å². The van der Waals surface area contributed by atoms with Gasteiger partial charge in [-0.05, 0) is 49.0 Å². The predicted octanol–water partition coefficient (Wildman–Crippen LogP) is 1.56. The number of thioether (sulfide) groups is 1. The number of nitrogens with zero attached hydrogens (tertiary/aromatic N) is 1. The van der Waals surface area contributed by atoms with Gasteiger partial charge in [-0.15, -0.1) is 0 Å². The number of hydrogen-bond acceptors (Lipinski definition) is 5. The van der Waals surface area contributed by atoms with E-state index in [1.807, 2.05) is 12.3 Å². The van der Waals surface area contributed by atoms with Gasteiger partial charge in [-0.25, -0.2) is 8.42 Å². The number of carbonyl (C=O) groups is 1. The number of nitrogens with two attached hydrogens (primary N) is 1. The number of rotatable bonds is 8. The van der Waals surface area contributed by atoms with Gasteiger partial charge in [0.1, 0.15) is 0 Å². The van der Waals surface area contributed by atoms with E-state index in [-0.39, 0.29) is 17.3 Å². The average Bonchev–Trinajstić information content (AvgIpc) is 2.65. The maximum Gasteiger partial charge on any atom is 0.243 e. The molecular formula is C17H27N3O3S2. The molecule has 140 valence electrons. The minimum Gasteiger partial charge on any atom is -0.351 e. The lowest BCUT2D eigenvalue weighted by atomic mass is 10.2. The third kappa shape index (κ3) is 5.70. The Balaban J connectivity index is 2.00. The van der Waals surface area contributed by atoms with Crippen LogP contribution in [0.25, 0.3) is 0 Å². The molecule has 2 rings (SSSR count). The molecule has 1 amide bonds. The SMILES string of the molecule is CSCC[C@H](N)C(=O)NCc1cccc(S(=O)(=O)N2CCCCC2)c1. The first-order valence-corrected chi connectivity index (χ1v) is 11.4. The van der Waals surface area contributed by atoms with E-state index < -0.39 is 16.1 Å². The van der Waals surface area contributed by atoms with Crippen LogP contribution in [0.4, 0.5) is 0 Å². The Morgan fingerprint density at radius 1 is 1.32 bits per heavy atom. The zero-order valence-corrected chi connectivity index (χ0v) is 16.2. The Morgan fingerprint density at radius 3 is 2.72 bits per heavy atom. The Bertz CT molecular complexity index is 673. The second-order valence-corrected chi connectivity index (χ2v) is 9.14. The van der Waals surface area contributed by atoms with Gasteiger partial charge in [-0.3, -0.25) is 4.79 Å². The van der Waals surface area contributed by atoms with Crippen LogP contribution in [0, 0.1) is 0 Å². The van der Waals surface area contributed by atoms with E-state index in [1.54, 1.807) is 34.3 Å². The van der Waals surface area contributed by atoms with Gasteiger partial charge >= 0.3 is 0 Å². The summed E-state index contributed by atoms with van der Waals surface area (Å²) in [5.74, 6) is 0.622. The zero-order chi connectivity index (χ0) is 18.3. The largest absolute Gasteiger partial charge is 0.351 e. The third-order valence-electron chi connectivity index (χ3n) is 4.29. The first-order valence-electron chi connectivity index (χ1n) is 8.56. The lowest BCUT2D eigenvalue weighted by Gasteiger charge is -2.26. The highest BCUT2D eigenvalue weighted by Crippen LogP contribution is 2.21. The standard InChI is InChI=1S/C17H27N3O3S2/c1-24-11-8-16(18)17(21)19-13-14-6-5-7-15(12-14)25(22,23)20-9-3-2-4-10-20/h5-7,12,16H,2-4,8-11,13,18H2,1H3,(H,19,21)/t16-/m0/s1. The molecule has 0 bridgehead atoms. The van der Waals surface area contributed by atoms with Gasteiger partial charge < -0.3 is 11.1 Å². The van der Waals surface area contributed by atoms with Crippen LogP contribution in [0.5, 0.6) is 0 Å². The van der Waals surface area contributed by atoms with Crippen LogP contribution in [0.3, 0.4) is 0 Å². The van der Waals surface area contributed by atoms with Crippen LogP contribution in [-0.2, 0) is 21.4 Å². The van der Waals surface area contributed by atoms with E-state index in [1.165, 1.54) is 0 Å². The minimum absolute atomic E-state index is 0.210. The Hall–Kier alpha value is -1.09. The fourth-order valence-electron chi connectivity index (χ4n) is 2.77. The number of carbonyl (C=O) groups excluding carboxylic acids is 1. The van der Waals surface area contributed by atoms with E-state index >= 15 is 0 Å². The summed E-state index contributed by atoms with van der Waals surface area (Å²) in [6, 6.07) is 6.24. The first-order chi connectivity index (χ1) is 11.9. The number of hydrogen-bond donors (Lipinski definition) is 2. The van der Waals surface area contributed by atoms with E-state index in [4.69, 9.17) is 5.73 Å². The molecule has 1 fully saturated rings. The average molecular weight is 386 g/mol. The van der Waals surface area contributed by atoms with Crippen molar-refractivity contribution in [2.24, 2.45) is 5.73 Å². The van der Waals surface area contributed by atoms with Crippen molar-refractivity contribution in [1.29, 1.82) is 0 Å². The molecule has 0 aromatic heterocycles. The van der Waals surface area contributed by atoms with Gasteiger partial charge in [0.15, 0.2) is 0 Å². The molecule has 1 heterocycles. The second-order valence-electron chi connectivity index (χ2n) is 6.22. The monoisotopic (exact) mass is 385 g/mol. The fraction of sp³-hybridized carbons (Fsp3) is 0.588. The van der Waals surface area contributed by atoms with Crippen molar-refractivity contribution in [3.05, 3.63) is 29.8 Å². The molecule has 0 aliphatic carbocycles.